The van der Waals surface area contributed by atoms with Crippen LogP contribution in [-0.4, -0.2) is 26.4 Å². The first-order valence-corrected chi connectivity index (χ1v) is 10.4. The first-order chi connectivity index (χ1) is 14.4. The smallest absolute Gasteiger partial charge is 0.234 e. The van der Waals surface area contributed by atoms with Gasteiger partial charge >= 0.3 is 0 Å². The second-order valence-electron chi connectivity index (χ2n) is 6.57. The molecular formula is C21H22F2N4O2S. The predicted octanol–water partition coefficient (Wildman–Crippen LogP) is 4.76. The average molecular weight is 432 g/mol. The van der Waals surface area contributed by atoms with Crippen molar-refractivity contribution in [3.05, 3.63) is 65.5 Å². The minimum Gasteiger partial charge on any atom is -0.480 e. The lowest BCUT2D eigenvalue weighted by Crippen LogP contribution is -2.16. The largest absolute Gasteiger partial charge is 0.480 e. The van der Waals surface area contributed by atoms with Crippen molar-refractivity contribution in [1.29, 1.82) is 0 Å². The molecule has 6 nitrogen and oxygen atoms in total. The fourth-order valence-corrected chi connectivity index (χ4v) is 3.66. The van der Waals surface area contributed by atoms with Crippen LogP contribution in [-0.2, 0) is 11.3 Å². The lowest BCUT2D eigenvalue weighted by atomic mass is 10.2. The molecule has 1 aromatic heterocycles. The van der Waals surface area contributed by atoms with Gasteiger partial charge in [0.1, 0.15) is 5.82 Å². The molecule has 1 atom stereocenters. The van der Waals surface area contributed by atoms with Crippen molar-refractivity contribution in [2.75, 3.05) is 11.1 Å². The number of aromatic nitrogens is 3. The first-order valence-electron chi connectivity index (χ1n) is 9.42. The molecule has 1 unspecified atom stereocenters. The van der Waals surface area contributed by atoms with Gasteiger partial charge in [0.15, 0.2) is 28.7 Å². The van der Waals surface area contributed by atoms with Crippen LogP contribution in [0.5, 0.6) is 5.75 Å². The number of ether oxygens (including phenoxy) is 1. The van der Waals surface area contributed by atoms with Crippen LogP contribution in [0.25, 0.3) is 0 Å². The number of hydrogen-bond acceptors (Lipinski definition) is 5. The van der Waals surface area contributed by atoms with Gasteiger partial charge in [-0.15, -0.1) is 10.2 Å². The summed E-state index contributed by atoms with van der Waals surface area (Å²) in [4.78, 5) is 12.3. The quantitative estimate of drug-likeness (QED) is 0.520. The summed E-state index contributed by atoms with van der Waals surface area (Å²) in [5.41, 5.74) is 1.75. The number of aryl methyl sites for hydroxylation is 1. The van der Waals surface area contributed by atoms with Gasteiger partial charge in [-0.3, -0.25) is 4.79 Å². The Morgan fingerprint density at radius 3 is 2.70 bits per heavy atom. The maximum Gasteiger partial charge on any atom is 0.234 e. The lowest BCUT2D eigenvalue weighted by molar-refractivity contribution is -0.113. The molecule has 0 aliphatic rings. The van der Waals surface area contributed by atoms with E-state index in [1.807, 2.05) is 38.1 Å². The molecule has 2 aromatic carbocycles. The number of anilines is 1. The summed E-state index contributed by atoms with van der Waals surface area (Å²) >= 11 is 1.25. The van der Waals surface area contributed by atoms with E-state index in [4.69, 9.17) is 4.74 Å². The Hall–Kier alpha value is -2.94. The highest BCUT2D eigenvalue weighted by Crippen LogP contribution is 2.27. The van der Waals surface area contributed by atoms with E-state index in [1.54, 1.807) is 11.5 Å². The van der Waals surface area contributed by atoms with Gasteiger partial charge in [0.2, 0.25) is 5.91 Å². The van der Waals surface area contributed by atoms with E-state index in [2.05, 4.69) is 15.5 Å². The molecule has 1 heterocycles. The Labute approximate surface area is 177 Å². The van der Waals surface area contributed by atoms with E-state index in [0.717, 1.165) is 23.4 Å². The summed E-state index contributed by atoms with van der Waals surface area (Å²) in [6, 6.07) is 10.7. The van der Waals surface area contributed by atoms with E-state index in [0.29, 0.717) is 17.5 Å². The van der Waals surface area contributed by atoms with Gasteiger partial charge in [-0.25, -0.2) is 8.78 Å². The minimum absolute atomic E-state index is 0.0682. The molecule has 9 heteroatoms. The molecule has 1 N–H and O–H groups in total. The van der Waals surface area contributed by atoms with Crippen molar-refractivity contribution >= 4 is 23.4 Å². The highest BCUT2D eigenvalue weighted by Gasteiger charge is 2.20. The zero-order valence-electron chi connectivity index (χ0n) is 16.9. The maximum atomic E-state index is 13.9. The summed E-state index contributed by atoms with van der Waals surface area (Å²) in [7, 11) is 0. The molecule has 0 fully saturated rings. The molecule has 0 aliphatic heterocycles. The second kappa shape index (κ2) is 9.71. The fourth-order valence-electron chi connectivity index (χ4n) is 2.85. The Balaban J connectivity index is 1.66. The monoisotopic (exact) mass is 432 g/mol. The van der Waals surface area contributed by atoms with Gasteiger partial charge in [0, 0.05) is 18.3 Å². The van der Waals surface area contributed by atoms with Gasteiger partial charge in [-0.1, -0.05) is 30.0 Å². The van der Waals surface area contributed by atoms with Crippen LogP contribution in [0, 0.1) is 18.6 Å². The summed E-state index contributed by atoms with van der Waals surface area (Å²) < 4.78 is 34.4. The zero-order valence-corrected chi connectivity index (χ0v) is 17.7. The van der Waals surface area contributed by atoms with Gasteiger partial charge in [0.25, 0.3) is 0 Å². The Morgan fingerprint density at radius 2 is 2.00 bits per heavy atom. The van der Waals surface area contributed by atoms with Crippen molar-refractivity contribution in [2.24, 2.45) is 0 Å². The van der Waals surface area contributed by atoms with Gasteiger partial charge in [-0.05, 0) is 44.5 Å². The second-order valence-corrected chi connectivity index (χ2v) is 7.51. The molecule has 0 bridgehead atoms. The molecule has 30 heavy (non-hydrogen) atoms. The SMILES string of the molecule is CCn1c(SCC(=O)Nc2ccccc2C)nnc1C(C)Oc1ccc(F)cc1F. The molecule has 3 aromatic rings. The van der Waals surface area contributed by atoms with Crippen molar-refractivity contribution < 1.29 is 18.3 Å². The average Bonchev–Trinajstić information content (AvgIpc) is 3.13. The summed E-state index contributed by atoms with van der Waals surface area (Å²) in [6.07, 6.45) is -0.618. The number of halogens is 2. The third kappa shape index (κ3) is 5.15. The number of carbonyl (C=O) groups is 1. The van der Waals surface area contributed by atoms with Gasteiger partial charge in [0.05, 0.1) is 5.75 Å². The standard InChI is InChI=1S/C21H22F2N4O2S/c1-4-27-20(14(3)29-18-10-9-15(22)11-16(18)23)25-26-21(27)30-12-19(28)24-17-8-6-5-7-13(17)2/h5-11,14H,4,12H2,1-3H3,(H,24,28). The highest BCUT2D eigenvalue weighted by molar-refractivity contribution is 7.99. The number of benzene rings is 2. The number of amides is 1. The molecule has 0 aliphatic carbocycles. The van der Waals surface area contributed by atoms with Crippen LogP contribution in [0.1, 0.15) is 31.3 Å². The lowest BCUT2D eigenvalue weighted by Gasteiger charge is -2.16. The van der Waals surface area contributed by atoms with E-state index in [-0.39, 0.29) is 17.4 Å². The molecule has 0 radical (unpaired) electrons. The third-order valence-electron chi connectivity index (χ3n) is 4.37. The summed E-state index contributed by atoms with van der Waals surface area (Å²) in [5.74, 6) is -1.03. The Kier molecular flexibility index (Phi) is 7.04. The fraction of sp³-hybridized carbons (Fsp3) is 0.286. The number of carbonyl (C=O) groups excluding carboxylic acids is 1. The molecule has 1 amide bonds. The molecule has 0 saturated carbocycles. The normalized spacial score (nSPS) is 11.9. The van der Waals surface area contributed by atoms with Crippen LogP contribution < -0.4 is 10.1 Å². The first kappa shape index (κ1) is 21.8. The van der Waals surface area contributed by atoms with Crippen LogP contribution in [0.15, 0.2) is 47.6 Å². The van der Waals surface area contributed by atoms with E-state index in [1.165, 1.54) is 17.8 Å². The van der Waals surface area contributed by atoms with E-state index < -0.39 is 17.7 Å². The van der Waals surface area contributed by atoms with Crippen LogP contribution in [0.2, 0.25) is 0 Å². The van der Waals surface area contributed by atoms with Gasteiger partial charge < -0.3 is 14.6 Å². The van der Waals surface area contributed by atoms with Crippen molar-refractivity contribution in [2.45, 2.75) is 38.6 Å². The number of rotatable bonds is 8. The number of para-hydroxylation sites is 1. The Morgan fingerprint density at radius 1 is 1.23 bits per heavy atom. The van der Waals surface area contributed by atoms with Gasteiger partial charge in [-0.2, -0.15) is 0 Å². The summed E-state index contributed by atoms with van der Waals surface area (Å²) in [6.45, 7) is 6.09. The van der Waals surface area contributed by atoms with E-state index in [9.17, 15) is 13.6 Å². The van der Waals surface area contributed by atoms with Crippen molar-refractivity contribution in [1.82, 2.24) is 14.8 Å². The van der Waals surface area contributed by atoms with Crippen LogP contribution in [0.4, 0.5) is 14.5 Å². The van der Waals surface area contributed by atoms with Crippen molar-refractivity contribution in [3.63, 3.8) is 0 Å². The maximum absolute atomic E-state index is 13.9. The van der Waals surface area contributed by atoms with Crippen LogP contribution >= 0.6 is 11.8 Å². The van der Waals surface area contributed by atoms with E-state index >= 15 is 0 Å². The number of nitrogens with one attached hydrogen (secondary N) is 1. The molecule has 0 spiro atoms. The highest BCUT2D eigenvalue weighted by atomic mass is 32.2. The number of hydrogen-bond donors (Lipinski definition) is 1. The minimum atomic E-state index is -0.785. The number of nitrogens with zero attached hydrogens (tertiary/aromatic N) is 3. The number of thioether (sulfide) groups is 1. The Bertz CT molecular complexity index is 1040. The molecule has 158 valence electrons. The molecule has 3 rings (SSSR count). The predicted molar refractivity (Wildman–Crippen MR) is 112 cm³/mol. The molecule has 0 saturated heterocycles. The van der Waals surface area contributed by atoms with Crippen LogP contribution in [0.3, 0.4) is 0 Å². The third-order valence-corrected chi connectivity index (χ3v) is 5.34. The summed E-state index contributed by atoms with van der Waals surface area (Å²) in [5, 5.41) is 11.7. The molecular weight excluding hydrogens is 410 g/mol. The topological polar surface area (TPSA) is 69.0 Å². The zero-order chi connectivity index (χ0) is 21.7. The van der Waals surface area contributed by atoms with Crippen molar-refractivity contribution in [3.8, 4) is 5.75 Å².